The number of nitrogens with one attached hydrogen (secondary N) is 2. The Morgan fingerprint density at radius 2 is 1.65 bits per heavy atom. The summed E-state index contributed by atoms with van der Waals surface area (Å²) >= 11 is 3.39. The van der Waals surface area contributed by atoms with E-state index in [0.717, 1.165) is 26.9 Å². The summed E-state index contributed by atoms with van der Waals surface area (Å²) in [5, 5.41) is 5.76. The molecular formula is C16H17BrN2O. The summed E-state index contributed by atoms with van der Waals surface area (Å²) in [5.41, 5.74) is 4.05. The lowest BCUT2D eigenvalue weighted by Gasteiger charge is -2.12. The molecule has 2 aromatic carbocycles. The van der Waals surface area contributed by atoms with Gasteiger partial charge in [0.1, 0.15) is 0 Å². The molecule has 2 aromatic rings. The van der Waals surface area contributed by atoms with E-state index in [9.17, 15) is 4.79 Å². The van der Waals surface area contributed by atoms with E-state index in [1.165, 1.54) is 0 Å². The fraction of sp³-hybridized carbons (Fsp3) is 0.188. The van der Waals surface area contributed by atoms with Crippen molar-refractivity contribution in [1.82, 2.24) is 5.32 Å². The molecule has 20 heavy (non-hydrogen) atoms. The van der Waals surface area contributed by atoms with Crippen LogP contribution in [0.5, 0.6) is 0 Å². The second kappa shape index (κ2) is 6.57. The summed E-state index contributed by atoms with van der Waals surface area (Å²) in [6.07, 6.45) is 0. The third-order valence-corrected chi connectivity index (χ3v) is 3.61. The van der Waals surface area contributed by atoms with Gasteiger partial charge in [-0.15, -0.1) is 0 Å². The van der Waals surface area contributed by atoms with Gasteiger partial charge in [-0.25, -0.2) is 4.79 Å². The van der Waals surface area contributed by atoms with Crippen molar-refractivity contribution in [3.8, 4) is 0 Å². The van der Waals surface area contributed by atoms with E-state index < -0.39 is 0 Å². The predicted octanol–water partition coefficient (Wildman–Crippen LogP) is 4.39. The fourth-order valence-electron chi connectivity index (χ4n) is 1.95. The van der Waals surface area contributed by atoms with Crippen LogP contribution in [0.25, 0.3) is 0 Å². The van der Waals surface area contributed by atoms with Gasteiger partial charge in [0.05, 0.1) is 0 Å². The fourth-order valence-corrected chi connectivity index (χ4v) is 2.22. The Labute approximate surface area is 127 Å². The number of hydrogen-bond acceptors (Lipinski definition) is 1. The van der Waals surface area contributed by atoms with Gasteiger partial charge in [0.2, 0.25) is 0 Å². The van der Waals surface area contributed by atoms with Crippen LogP contribution < -0.4 is 10.6 Å². The van der Waals surface area contributed by atoms with E-state index in [1.54, 1.807) is 0 Å². The van der Waals surface area contributed by atoms with Crippen molar-refractivity contribution in [2.45, 2.75) is 20.4 Å². The van der Waals surface area contributed by atoms with Crippen LogP contribution in [0.4, 0.5) is 10.5 Å². The van der Waals surface area contributed by atoms with E-state index in [4.69, 9.17) is 0 Å². The van der Waals surface area contributed by atoms with Crippen molar-refractivity contribution < 1.29 is 4.79 Å². The normalized spacial score (nSPS) is 10.2. The van der Waals surface area contributed by atoms with Gasteiger partial charge in [0, 0.05) is 16.7 Å². The standard InChI is InChI=1S/C16H17BrN2O/c1-11-4-3-5-12(2)15(11)19-16(20)18-10-13-6-8-14(17)9-7-13/h3-9H,10H2,1-2H3,(H2,18,19,20). The first-order valence-corrected chi connectivity index (χ1v) is 7.21. The molecule has 104 valence electrons. The molecule has 2 amide bonds. The van der Waals surface area contributed by atoms with E-state index in [1.807, 2.05) is 56.3 Å². The molecule has 3 nitrogen and oxygen atoms in total. The number of benzene rings is 2. The maximum Gasteiger partial charge on any atom is 0.319 e. The smallest absolute Gasteiger partial charge is 0.319 e. The van der Waals surface area contributed by atoms with Crippen molar-refractivity contribution in [1.29, 1.82) is 0 Å². The SMILES string of the molecule is Cc1cccc(C)c1NC(=O)NCc1ccc(Br)cc1. The number of halogens is 1. The summed E-state index contributed by atoms with van der Waals surface area (Å²) < 4.78 is 1.03. The molecule has 4 heteroatoms. The van der Waals surface area contributed by atoms with Crippen LogP contribution in [0.1, 0.15) is 16.7 Å². The summed E-state index contributed by atoms with van der Waals surface area (Å²) in [7, 11) is 0. The molecule has 0 aromatic heterocycles. The van der Waals surface area contributed by atoms with E-state index >= 15 is 0 Å². The summed E-state index contributed by atoms with van der Waals surface area (Å²) in [4.78, 5) is 11.9. The molecule has 0 fully saturated rings. The van der Waals surface area contributed by atoms with Gasteiger partial charge in [0.15, 0.2) is 0 Å². The zero-order chi connectivity index (χ0) is 14.5. The van der Waals surface area contributed by atoms with Crippen molar-refractivity contribution in [3.63, 3.8) is 0 Å². The third-order valence-electron chi connectivity index (χ3n) is 3.09. The molecule has 0 aliphatic rings. The average molecular weight is 333 g/mol. The maximum atomic E-state index is 11.9. The number of hydrogen-bond donors (Lipinski definition) is 2. The molecule has 0 unspecified atom stereocenters. The molecule has 0 radical (unpaired) electrons. The highest BCUT2D eigenvalue weighted by atomic mass is 79.9. The third kappa shape index (κ3) is 3.84. The molecule has 0 bridgehead atoms. The number of amides is 2. The van der Waals surface area contributed by atoms with Gasteiger partial charge in [-0.1, -0.05) is 46.3 Å². The van der Waals surface area contributed by atoms with Crippen LogP contribution >= 0.6 is 15.9 Å². The Balaban J connectivity index is 1.94. The quantitative estimate of drug-likeness (QED) is 0.859. The Morgan fingerprint density at radius 3 is 2.25 bits per heavy atom. The van der Waals surface area contributed by atoms with Crippen LogP contribution in [-0.2, 0) is 6.54 Å². The molecular weight excluding hydrogens is 316 g/mol. The number of rotatable bonds is 3. The number of carbonyl (C=O) groups is 1. The lowest BCUT2D eigenvalue weighted by Crippen LogP contribution is -2.28. The zero-order valence-electron chi connectivity index (χ0n) is 11.5. The summed E-state index contributed by atoms with van der Waals surface area (Å²) in [5.74, 6) is 0. The summed E-state index contributed by atoms with van der Waals surface area (Å²) in [6.45, 7) is 4.47. The summed E-state index contributed by atoms with van der Waals surface area (Å²) in [6, 6.07) is 13.6. The number of anilines is 1. The molecule has 0 spiro atoms. The molecule has 0 heterocycles. The number of urea groups is 1. The molecule has 0 aliphatic carbocycles. The largest absolute Gasteiger partial charge is 0.334 e. The molecule has 0 saturated heterocycles. The molecule has 2 rings (SSSR count). The first-order valence-electron chi connectivity index (χ1n) is 6.42. The van der Waals surface area contributed by atoms with Crippen molar-refractivity contribution in [2.24, 2.45) is 0 Å². The van der Waals surface area contributed by atoms with Gasteiger partial charge >= 0.3 is 6.03 Å². The second-order valence-corrected chi connectivity index (χ2v) is 5.62. The molecule has 0 atom stereocenters. The minimum atomic E-state index is -0.190. The number of aryl methyl sites for hydroxylation is 2. The van der Waals surface area contributed by atoms with Crippen LogP contribution in [-0.4, -0.2) is 6.03 Å². The van der Waals surface area contributed by atoms with Crippen LogP contribution in [0.3, 0.4) is 0 Å². The Kier molecular flexibility index (Phi) is 4.79. The lowest BCUT2D eigenvalue weighted by atomic mass is 10.1. The first kappa shape index (κ1) is 14.6. The van der Waals surface area contributed by atoms with Gasteiger partial charge in [-0.05, 0) is 42.7 Å². The Morgan fingerprint density at radius 1 is 1.05 bits per heavy atom. The molecule has 2 N–H and O–H groups in total. The highest BCUT2D eigenvalue weighted by Crippen LogP contribution is 2.19. The van der Waals surface area contributed by atoms with Gasteiger partial charge < -0.3 is 10.6 Å². The minimum absolute atomic E-state index is 0.190. The van der Waals surface area contributed by atoms with Crippen molar-refractivity contribution in [2.75, 3.05) is 5.32 Å². The Hall–Kier alpha value is -1.81. The zero-order valence-corrected chi connectivity index (χ0v) is 13.1. The molecule has 0 saturated carbocycles. The predicted molar refractivity (Wildman–Crippen MR) is 85.9 cm³/mol. The topological polar surface area (TPSA) is 41.1 Å². The lowest BCUT2D eigenvalue weighted by molar-refractivity contribution is 0.251. The van der Waals surface area contributed by atoms with Crippen molar-refractivity contribution >= 4 is 27.6 Å². The van der Waals surface area contributed by atoms with Crippen molar-refractivity contribution in [3.05, 3.63) is 63.6 Å². The number of para-hydroxylation sites is 1. The van der Waals surface area contributed by atoms with Crippen LogP contribution in [0.15, 0.2) is 46.9 Å². The number of carbonyl (C=O) groups excluding carboxylic acids is 1. The monoisotopic (exact) mass is 332 g/mol. The van der Waals surface area contributed by atoms with E-state index in [0.29, 0.717) is 6.54 Å². The van der Waals surface area contributed by atoms with Gasteiger partial charge in [-0.2, -0.15) is 0 Å². The second-order valence-electron chi connectivity index (χ2n) is 4.70. The van der Waals surface area contributed by atoms with Crippen LogP contribution in [0, 0.1) is 13.8 Å². The Bertz CT molecular complexity index is 588. The first-order chi connectivity index (χ1) is 9.56. The van der Waals surface area contributed by atoms with E-state index in [2.05, 4.69) is 26.6 Å². The highest BCUT2D eigenvalue weighted by Gasteiger charge is 2.06. The minimum Gasteiger partial charge on any atom is -0.334 e. The van der Waals surface area contributed by atoms with Crippen LogP contribution in [0.2, 0.25) is 0 Å². The van der Waals surface area contributed by atoms with E-state index in [-0.39, 0.29) is 6.03 Å². The highest BCUT2D eigenvalue weighted by molar-refractivity contribution is 9.10. The van der Waals surface area contributed by atoms with Gasteiger partial charge in [0.25, 0.3) is 0 Å². The maximum absolute atomic E-state index is 11.9. The van der Waals surface area contributed by atoms with Gasteiger partial charge in [-0.3, -0.25) is 0 Å². The average Bonchev–Trinajstić information content (AvgIpc) is 2.42. The molecule has 0 aliphatic heterocycles.